The molecular weight excluding hydrogens is 148 g/mol. The van der Waals surface area contributed by atoms with Crippen LogP contribution in [0.3, 0.4) is 0 Å². The third-order valence-corrected chi connectivity index (χ3v) is 1.19. The van der Waals surface area contributed by atoms with Crippen molar-refractivity contribution in [2.24, 2.45) is 0 Å². The van der Waals surface area contributed by atoms with Crippen molar-refractivity contribution in [2.75, 3.05) is 26.7 Å². The highest BCUT2D eigenvalue weighted by Gasteiger charge is 2.09. The first-order chi connectivity index (χ1) is 5.33. The molecule has 0 aliphatic carbocycles. The van der Waals surface area contributed by atoms with Gasteiger partial charge in [-0.15, -0.1) is 0 Å². The van der Waals surface area contributed by atoms with Gasteiger partial charge in [-0.3, -0.25) is 0 Å². The van der Waals surface area contributed by atoms with Crippen molar-refractivity contribution in [1.82, 2.24) is 14.9 Å². The van der Waals surface area contributed by atoms with E-state index in [-0.39, 0.29) is 0 Å². The Morgan fingerprint density at radius 1 is 1.18 bits per heavy atom. The Labute approximate surface area is 64.1 Å². The summed E-state index contributed by atoms with van der Waals surface area (Å²) in [5, 5.41) is 7.36. The Hall–Kier alpha value is -1.46. The zero-order valence-electron chi connectivity index (χ0n) is 6.66. The third kappa shape index (κ3) is 1.19. The van der Waals surface area contributed by atoms with Crippen molar-refractivity contribution in [3.05, 3.63) is 0 Å². The van der Waals surface area contributed by atoms with Crippen LogP contribution in [0.4, 0.5) is 0 Å². The fourth-order valence-electron chi connectivity index (χ4n) is 0.712. The molecule has 0 unspecified atom stereocenters. The summed E-state index contributed by atoms with van der Waals surface area (Å²) < 4.78 is 11.2. The molecule has 1 aromatic rings. The van der Waals surface area contributed by atoms with Crippen LogP contribution in [0.15, 0.2) is 0 Å². The van der Waals surface area contributed by atoms with Crippen molar-refractivity contribution in [3.63, 3.8) is 0 Å². The molecule has 0 saturated heterocycles. The van der Waals surface area contributed by atoms with E-state index in [0.717, 1.165) is 0 Å². The van der Waals surface area contributed by atoms with Crippen LogP contribution in [0.2, 0.25) is 0 Å². The maximum atomic E-state index is 4.87. The minimum Gasteiger partial charge on any atom is -0.466 e. The van der Waals surface area contributed by atoms with E-state index in [4.69, 9.17) is 9.47 Å². The highest BCUT2D eigenvalue weighted by Crippen LogP contribution is 2.11. The molecule has 0 fully saturated rings. The lowest BCUT2D eigenvalue weighted by molar-refractivity contribution is 0.339. The number of ether oxygens (including phenoxy) is 2. The maximum Gasteiger partial charge on any atom is 0.339 e. The summed E-state index contributed by atoms with van der Waals surface area (Å²) in [6, 6.07) is 0.730. The molecule has 1 heterocycles. The Morgan fingerprint density at radius 2 is 1.64 bits per heavy atom. The molecule has 0 bridgehead atoms. The first-order valence-corrected chi connectivity index (χ1v) is 3.04. The van der Waals surface area contributed by atoms with Crippen LogP contribution < -0.4 is 14.9 Å². The Kier molecular flexibility index (Phi) is 2.15. The topological polar surface area (TPSA) is 61.2 Å². The molecule has 0 aliphatic heterocycles. The molecule has 0 amide bonds. The number of nitrogens with one attached hydrogen (secondary N) is 1. The number of nitrogens with zero attached hydrogens (tertiary/aromatic N) is 3. The summed E-state index contributed by atoms with van der Waals surface area (Å²) >= 11 is 0. The van der Waals surface area contributed by atoms with Gasteiger partial charge in [0.2, 0.25) is 0 Å². The SMILES string of the molecule is CNn1c(OC)nnc1OC. The van der Waals surface area contributed by atoms with Crippen LogP contribution in [0.25, 0.3) is 0 Å². The average molecular weight is 158 g/mol. The zero-order valence-corrected chi connectivity index (χ0v) is 6.66. The molecule has 0 spiro atoms. The first-order valence-electron chi connectivity index (χ1n) is 3.04. The fraction of sp³-hybridized carbons (Fsp3) is 0.600. The Balaban J connectivity index is 2.99. The van der Waals surface area contributed by atoms with E-state index < -0.39 is 0 Å². The molecule has 0 aromatic carbocycles. The summed E-state index contributed by atoms with van der Waals surface area (Å²) in [6.45, 7) is 0. The monoisotopic (exact) mass is 158 g/mol. The normalized spacial score (nSPS) is 9.36. The second-order valence-electron chi connectivity index (χ2n) is 1.73. The molecule has 1 N–H and O–H groups in total. The molecule has 11 heavy (non-hydrogen) atoms. The quantitative estimate of drug-likeness (QED) is 0.640. The lowest BCUT2D eigenvalue weighted by atomic mass is 11.0. The molecular formula is C5H10N4O2. The number of rotatable bonds is 3. The highest BCUT2D eigenvalue weighted by molar-refractivity contribution is 5.07. The van der Waals surface area contributed by atoms with Gasteiger partial charge in [0.1, 0.15) is 0 Å². The van der Waals surface area contributed by atoms with E-state index in [1.807, 2.05) is 0 Å². The van der Waals surface area contributed by atoms with Crippen LogP contribution in [0.5, 0.6) is 12.0 Å². The Bertz CT molecular complexity index is 213. The van der Waals surface area contributed by atoms with E-state index in [1.54, 1.807) is 7.05 Å². The van der Waals surface area contributed by atoms with Crippen LogP contribution in [-0.2, 0) is 0 Å². The standard InChI is InChI=1S/C5H10N4O2/c1-6-9-4(10-2)7-8-5(9)11-3/h6H,1-3H3. The maximum absolute atomic E-state index is 4.87. The minimum atomic E-state index is 0.365. The van der Waals surface area contributed by atoms with Gasteiger partial charge in [0.15, 0.2) is 0 Å². The van der Waals surface area contributed by atoms with Crippen molar-refractivity contribution >= 4 is 0 Å². The van der Waals surface area contributed by atoms with E-state index in [2.05, 4.69) is 15.6 Å². The lowest BCUT2D eigenvalue weighted by Crippen LogP contribution is -2.11. The third-order valence-electron chi connectivity index (χ3n) is 1.19. The second-order valence-corrected chi connectivity index (χ2v) is 1.73. The number of hydrogen-bond acceptors (Lipinski definition) is 5. The largest absolute Gasteiger partial charge is 0.466 e. The van der Waals surface area contributed by atoms with Crippen LogP contribution in [0, 0.1) is 0 Å². The van der Waals surface area contributed by atoms with E-state index >= 15 is 0 Å². The van der Waals surface area contributed by atoms with Gasteiger partial charge in [0.25, 0.3) is 0 Å². The second kappa shape index (κ2) is 3.09. The van der Waals surface area contributed by atoms with E-state index in [9.17, 15) is 0 Å². The Morgan fingerprint density at radius 3 is 1.91 bits per heavy atom. The molecule has 1 aromatic heterocycles. The van der Waals surface area contributed by atoms with Gasteiger partial charge in [-0.1, -0.05) is 10.2 Å². The first kappa shape index (κ1) is 7.64. The predicted molar refractivity (Wildman–Crippen MR) is 38.4 cm³/mol. The molecule has 0 saturated carbocycles. The van der Waals surface area contributed by atoms with Gasteiger partial charge in [-0.2, -0.15) is 4.68 Å². The molecule has 0 aliphatic rings. The van der Waals surface area contributed by atoms with Gasteiger partial charge < -0.3 is 14.9 Å². The minimum absolute atomic E-state index is 0.365. The van der Waals surface area contributed by atoms with Crippen LogP contribution in [-0.4, -0.2) is 36.1 Å². The highest BCUT2D eigenvalue weighted by atomic mass is 16.5. The van der Waals surface area contributed by atoms with E-state index in [0.29, 0.717) is 12.0 Å². The number of hydrogen-bond donors (Lipinski definition) is 1. The number of aromatic nitrogens is 3. The van der Waals surface area contributed by atoms with Gasteiger partial charge in [-0.25, -0.2) is 0 Å². The van der Waals surface area contributed by atoms with E-state index in [1.165, 1.54) is 18.9 Å². The predicted octanol–water partition coefficient (Wildman–Crippen LogP) is -0.531. The van der Waals surface area contributed by atoms with Crippen molar-refractivity contribution in [2.45, 2.75) is 0 Å². The summed E-state index contributed by atoms with van der Waals surface area (Å²) in [6.07, 6.45) is 0. The van der Waals surface area contributed by atoms with Crippen molar-refractivity contribution in [1.29, 1.82) is 0 Å². The lowest BCUT2D eigenvalue weighted by Gasteiger charge is -2.04. The summed E-state index contributed by atoms with van der Waals surface area (Å²) in [5.74, 6) is 0. The van der Waals surface area contributed by atoms with Crippen LogP contribution >= 0.6 is 0 Å². The number of methoxy groups -OCH3 is 2. The van der Waals surface area contributed by atoms with Gasteiger partial charge in [0, 0.05) is 7.05 Å². The molecule has 0 atom stereocenters. The van der Waals surface area contributed by atoms with Gasteiger partial charge in [0.05, 0.1) is 14.2 Å². The molecule has 1 rings (SSSR count). The summed E-state index contributed by atoms with van der Waals surface area (Å²) in [5.41, 5.74) is 2.79. The fourth-order valence-corrected chi connectivity index (χ4v) is 0.712. The molecule has 6 nitrogen and oxygen atoms in total. The van der Waals surface area contributed by atoms with Crippen molar-refractivity contribution in [3.8, 4) is 12.0 Å². The van der Waals surface area contributed by atoms with Gasteiger partial charge >= 0.3 is 12.0 Å². The van der Waals surface area contributed by atoms with Gasteiger partial charge in [-0.05, 0) is 0 Å². The summed E-state index contributed by atoms with van der Waals surface area (Å²) in [4.78, 5) is 0. The molecule has 62 valence electrons. The summed E-state index contributed by atoms with van der Waals surface area (Å²) in [7, 11) is 4.74. The molecule has 6 heteroatoms. The average Bonchev–Trinajstić information content (AvgIpc) is 2.45. The van der Waals surface area contributed by atoms with Crippen LogP contribution in [0.1, 0.15) is 0 Å². The smallest absolute Gasteiger partial charge is 0.339 e. The zero-order chi connectivity index (χ0) is 8.27. The molecule has 0 radical (unpaired) electrons. The van der Waals surface area contributed by atoms with Crippen molar-refractivity contribution < 1.29 is 9.47 Å².